The van der Waals surface area contributed by atoms with E-state index in [1.807, 2.05) is 60.7 Å². The second-order valence-corrected chi connectivity index (χ2v) is 6.88. The van der Waals surface area contributed by atoms with Crippen molar-refractivity contribution in [2.45, 2.75) is 8.94 Å². The van der Waals surface area contributed by atoms with Gasteiger partial charge in [0.2, 0.25) is 0 Å². The van der Waals surface area contributed by atoms with E-state index in [2.05, 4.69) is 0 Å². The number of Topliss-reactive ketones (excluding diaryl/α,β-unsaturated/α-hetero) is 2. The van der Waals surface area contributed by atoms with Gasteiger partial charge in [-0.1, -0.05) is 0 Å². The summed E-state index contributed by atoms with van der Waals surface area (Å²) in [6, 6.07) is 18.6. The molecule has 0 amide bonds. The average molecular weight is 366 g/mol. The number of hydrogen-bond donors (Lipinski definition) is 0. The molecule has 95 valence electrons. The van der Waals surface area contributed by atoms with Crippen LogP contribution in [-0.2, 0) is 0 Å². The molecule has 1 radical (unpaired) electrons. The van der Waals surface area contributed by atoms with Crippen molar-refractivity contribution in [3.8, 4) is 0 Å². The normalized spacial score (nSPS) is 10.1. The molecule has 2 rings (SSSR count). The number of carbonyl (C=O) groups is 2. The van der Waals surface area contributed by atoms with Gasteiger partial charge in [0.15, 0.2) is 0 Å². The first-order chi connectivity index (χ1) is 9.27. The molecule has 2 aromatic carbocycles. The molecular weight excluding hydrogens is 352 g/mol. The minimum absolute atomic E-state index is 0.156. The molecule has 0 heterocycles. The number of ketones is 2. The molecule has 0 fully saturated rings. The van der Waals surface area contributed by atoms with Crippen molar-refractivity contribution >= 4 is 32.5 Å². The Hall–Kier alpha value is -1.43. The van der Waals surface area contributed by atoms with E-state index >= 15 is 0 Å². The van der Waals surface area contributed by atoms with Crippen LogP contribution in [0.1, 0.15) is 20.7 Å². The molecule has 0 aliphatic carbocycles. The number of carbonyl (C=O) groups excluding carboxylic acids is 2. The molecular formula is C16H14O2Te+. The molecule has 0 aliphatic heterocycles. The molecule has 0 bridgehead atoms. The molecule has 0 saturated carbocycles. The van der Waals surface area contributed by atoms with Crippen molar-refractivity contribution in [1.82, 2.24) is 0 Å². The van der Waals surface area contributed by atoms with Crippen LogP contribution in [0, 0.1) is 0 Å². The number of rotatable bonds is 6. The van der Waals surface area contributed by atoms with Crippen LogP contribution in [0.3, 0.4) is 0 Å². The molecule has 0 atom stereocenters. The second kappa shape index (κ2) is 7.23. The molecule has 2 aromatic rings. The molecule has 0 aliphatic rings. The van der Waals surface area contributed by atoms with Crippen molar-refractivity contribution in [2.75, 3.05) is 0 Å². The Morgan fingerprint density at radius 3 is 1.42 bits per heavy atom. The van der Waals surface area contributed by atoms with Crippen molar-refractivity contribution in [1.29, 1.82) is 0 Å². The maximum atomic E-state index is 11.9. The zero-order chi connectivity index (χ0) is 13.5. The third kappa shape index (κ3) is 4.31. The van der Waals surface area contributed by atoms with Crippen LogP contribution in [0.5, 0.6) is 0 Å². The van der Waals surface area contributed by atoms with Crippen LogP contribution in [0.15, 0.2) is 60.7 Å². The van der Waals surface area contributed by atoms with Gasteiger partial charge in [0.25, 0.3) is 0 Å². The van der Waals surface area contributed by atoms with E-state index in [0.717, 1.165) is 11.1 Å². The van der Waals surface area contributed by atoms with Gasteiger partial charge in [-0.05, 0) is 0 Å². The summed E-state index contributed by atoms with van der Waals surface area (Å²) in [6.45, 7) is 0. The summed E-state index contributed by atoms with van der Waals surface area (Å²) in [6.07, 6.45) is 0. The van der Waals surface area contributed by atoms with Crippen LogP contribution in [0.4, 0.5) is 0 Å². The number of hydrogen-bond acceptors (Lipinski definition) is 2. The van der Waals surface area contributed by atoms with Gasteiger partial charge >= 0.3 is 123 Å². The van der Waals surface area contributed by atoms with E-state index in [4.69, 9.17) is 0 Å². The van der Waals surface area contributed by atoms with E-state index < -0.39 is 20.9 Å². The molecule has 0 N–H and O–H groups in total. The molecule has 0 spiro atoms. The third-order valence-electron chi connectivity index (χ3n) is 2.66. The van der Waals surface area contributed by atoms with E-state index in [-0.39, 0.29) is 11.6 Å². The van der Waals surface area contributed by atoms with Gasteiger partial charge in [0.1, 0.15) is 0 Å². The number of benzene rings is 2. The summed E-state index contributed by atoms with van der Waals surface area (Å²) >= 11 is -0.589. The topological polar surface area (TPSA) is 34.1 Å². The predicted octanol–water partition coefficient (Wildman–Crippen LogP) is 3.29. The van der Waals surface area contributed by atoms with Gasteiger partial charge in [-0.15, -0.1) is 0 Å². The third-order valence-corrected chi connectivity index (χ3v) is 5.32. The second-order valence-electron chi connectivity index (χ2n) is 4.07. The van der Waals surface area contributed by atoms with Gasteiger partial charge in [-0.2, -0.15) is 0 Å². The summed E-state index contributed by atoms with van der Waals surface area (Å²) in [7, 11) is 0. The van der Waals surface area contributed by atoms with E-state index in [9.17, 15) is 9.59 Å². The van der Waals surface area contributed by atoms with Gasteiger partial charge in [-0.25, -0.2) is 0 Å². The maximum absolute atomic E-state index is 11.9. The van der Waals surface area contributed by atoms with E-state index in [1.165, 1.54) is 0 Å². The van der Waals surface area contributed by atoms with E-state index in [0.29, 0.717) is 8.94 Å². The van der Waals surface area contributed by atoms with Gasteiger partial charge < -0.3 is 0 Å². The van der Waals surface area contributed by atoms with Gasteiger partial charge in [0, 0.05) is 0 Å². The Morgan fingerprint density at radius 2 is 1.05 bits per heavy atom. The van der Waals surface area contributed by atoms with Crippen molar-refractivity contribution in [3.63, 3.8) is 0 Å². The zero-order valence-corrected chi connectivity index (χ0v) is 12.7. The Bertz CT molecular complexity index is 498. The van der Waals surface area contributed by atoms with Crippen LogP contribution in [0.2, 0.25) is 8.94 Å². The van der Waals surface area contributed by atoms with Gasteiger partial charge in [-0.3, -0.25) is 0 Å². The average Bonchev–Trinajstić information content (AvgIpc) is 2.49. The Kier molecular flexibility index (Phi) is 5.32. The quantitative estimate of drug-likeness (QED) is 0.581. The van der Waals surface area contributed by atoms with Crippen LogP contribution in [-0.4, -0.2) is 32.5 Å². The van der Waals surface area contributed by atoms with Crippen LogP contribution in [0.25, 0.3) is 0 Å². The summed E-state index contributed by atoms with van der Waals surface area (Å²) in [4.78, 5) is 23.8. The summed E-state index contributed by atoms with van der Waals surface area (Å²) < 4.78 is 1.10. The first-order valence-electron chi connectivity index (χ1n) is 6.01. The molecule has 19 heavy (non-hydrogen) atoms. The predicted molar refractivity (Wildman–Crippen MR) is 76.9 cm³/mol. The van der Waals surface area contributed by atoms with Crippen molar-refractivity contribution < 1.29 is 9.59 Å². The van der Waals surface area contributed by atoms with Crippen molar-refractivity contribution in [3.05, 3.63) is 71.8 Å². The van der Waals surface area contributed by atoms with Crippen LogP contribution >= 0.6 is 0 Å². The molecule has 0 unspecified atom stereocenters. The summed E-state index contributed by atoms with van der Waals surface area (Å²) in [5, 5.41) is 0. The monoisotopic (exact) mass is 368 g/mol. The Labute approximate surface area is 122 Å². The van der Waals surface area contributed by atoms with E-state index in [1.54, 1.807) is 0 Å². The van der Waals surface area contributed by atoms with Gasteiger partial charge in [0.05, 0.1) is 0 Å². The fraction of sp³-hybridized carbons (Fsp3) is 0.125. The SMILES string of the molecule is O=C(C[Te+]CC(=O)c1ccccc1)c1ccccc1. The Balaban J connectivity index is 1.81. The zero-order valence-electron chi connectivity index (χ0n) is 10.4. The molecule has 0 aromatic heterocycles. The Morgan fingerprint density at radius 1 is 0.684 bits per heavy atom. The fourth-order valence-corrected chi connectivity index (χ4v) is 3.95. The molecule has 0 saturated heterocycles. The first-order valence-corrected chi connectivity index (χ1v) is 9.31. The molecule has 2 nitrogen and oxygen atoms in total. The fourth-order valence-electron chi connectivity index (χ4n) is 1.65. The minimum atomic E-state index is -0.589. The summed E-state index contributed by atoms with van der Waals surface area (Å²) in [5.74, 6) is 0.313. The van der Waals surface area contributed by atoms with Crippen molar-refractivity contribution in [2.24, 2.45) is 0 Å². The standard InChI is InChI=1S/C16H14O2Te/c17-15(13-7-3-1-4-8-13)11-19-12-16(18)14-9-5-2-6-10-14/h1-10H,11-12H2/q+1. The summed E-state index contributed by atoms with van der Waals surface area (Å²) in [5.41, 5.74) is 1.50. The van der Waals surface area contributed by atoms with Crippen LogP contribution < -0.4 is 0 Å². The first kappa shape index (κ1) is 14.0. The molecule has 3 heteroatoms.